The summed E-state index contributed by atoms with van der Waals surface area (Å²) >= 11 is 0. The summed E-state index contributed by atoms with van der Waals surface area (Å²) in [5, 5.41) is 12.3. The van der Waals surface area contributed by atoms with Crippen LogP contribution >= 0.6 is 0 Å². The molecule has 0 aromatic heterocycles. The van der Waals surface area contributed by atoms with Crippen LogP contribution in [0.2, 0.25) is 0 Å². The van der Waals surface area contributed by atoms with Gasteiger partial charge in [-0.3, -0.25) is 5.32 Å². The third-order valence-corrected chi connectivity index (χ3v) is 3.18. The van der Waals surface area contributed by atoms with E-state index in [4.69, 9.17) is 5.26 Å². The van der Waals surface area contributed by atoms with Gasteiger partial charge in [0.25, 0.3) is 0 Å². The highest BCUT2D eigenvalue weighted by molar-refractivity contribution is 4.92. The molecule has 0 aromatic carbocycles. The van der Waals surface area contributed by atoms with Crippen LogP contribution in [0.5, 0.6) is 0 Å². The van der Waals surface area contributed by atoms with Gasteiger partial charge in [-0.05, 0) is 38.6 Å². The van der Waals surface area contributed by atoms with Crippen LogP contribution in [0.15, 0.2) is 0 Å². The third-order valence-electron chi connectivity index (χ3n) is 3.18. The van der Waals surface area contributed by atoms with Crippen molar-refractivity contribution in [3.05, 3.63) is 0 Å². The van der Waals surface area contributed by atoms with E-state index in [9.17, 15) is 0 Å². The van der Waals surface area contributed by atoms with Crippen molar-refractivity contribution in [2.45, 2.75) is 52.6 Å². The van der Waals surface area contributed by atoms with E-state index in [0.717, 1.165) is 13.0 Å². The third kappa shape index (κ3) is 4.51. The SMILES string of the molecule is CC(C)NC(C#N)CCN1CCC(C)(C)C1. The van der Waals surface area contributed by atoms with Gasteiger partial charge >= 0.3 is 0 Å². The Balaban J connectivity index is 2.26. The summed E-state index contributed by atoms with van der Waals surface area (Å²) in [5.74, 6) is 0. The van der Waals surface area contributed by atoms with Gasteiger partial charge in [0.05, 0.1) is 12.1 Å². The van der Waals surface area contributed by atoms with Crippen LogP contribution in [0, 0.1) is 16.7 Å². The Morgan fingerprint density at radius 1 is 1.44 bits per heavy atom. The zero-order valence-electron chi connectivity index (χ0n) is 11.1. The lowest BCUT2D eigenvalue weighted by atomic mass is 9.93. The maximum Gasteiger partial charge on any atom is 0.0967 e. The van der Waals surface area contributed by atoms with E-state index in [0.29, 0.717) is 11.5 Å². The average molecular weight is 223 g/mol. The van der Waals surface area contributed by atoms with E-state index >= 15 is 0 Å². The molecule has 0 bridgehead atoms. The minimum atomic E-state index is 0.00344. The minimum Gasteiger partial charge on any atom is -0.303 e. The average Bonchev–Trinajstić information content (AvgIpc) is 2.52. The molecule has 0 radical (unpaired) electrons. The highest BCUT2D eigenvalue weighted by atomic mass is 15.2. The van der Waals surface area contributed by atoms with Crippen molar-refractivity contribution in [1.29, 1.82) is 5.26 Å². The van der Waals surface area contributed by atoms with E-state index in [2.05, 4.69) is 44.0 Å². The quantitative estimate of drug-likeness (QED) is 0.775. The zero-order chi connectivity index (χ0) is 12.2. The Kier molecular flexibility index (Phi) is 4.76. The van der Waals surface area contributed by atoms with E-state index < -0.39 is 0 Å². The van der Waals surface area contributed by atoms with E-state index in [1.807, 2.05) is 0 Å². The van der Waals surface area contributed by atoms with Gasteiger partial charge in [-0.25, -0.2) is 0 Å². The maximum atomic E-state index is 9.02. The largest absolute Gasteiger partial charge is 0.303 e. The molecule has 1 heterocycles. The molecule has 92 valence electrons. The predicted molar refractivity (Wildman–Crippen MR) is 67.1 cm³/mol. The number of likely N-dealkylation sites (tertiary alicyclic amines) is 1. The Morgan fingerprint density at radius 2 is 2.12 bits per heavy atom. The molecule has 0 aliphatic carbocycles. The van der Waals surface area contributed by atoms with Crippen molar-refractivity contribution in [3.63, 3.8) is 0 Å². The van der Waals surface area contributed by atoms with Crippen molar-refractivity contribution in [2.75, 3.05) is 19.6 Å². The van der Waals surface area contributed by atoms with Gasteiger partial charge in [0.1, 0.15) is 0 Å². The first-order valence-electron chi connectivity index (χ1n) is 6.31. The first kappa shape index (κ1) is 13.5. The van der Waals surface area contributed by atoms with Gasteiger partial charge in [-0.2, -0.15) is 5.26 Å². The molecule has 1 saturated heterocycles. The molecule has 1 unspecified atom stereocenters. The number of nitrogens with zero attached hydrogens (tertiary/aromatic N) is 2. The van der Waals surface area contributed by atoms with Gasteiger partial charge in [-0.15, -0.1) is 0 Å². The highest BCUT2D eigenvalue weighted by Gasteiger charge is 2.29. The number of rotatable bonds is 5. The molecule has 1 atom stereocenters. The summed E-state index contributed by atoms with van der Waals surface area (Å²) in [6.45, 7) is 12.2. The fourth-order valence-electron chi connectivity index (χ4n) is 2.31. The molecule has 0 saturated carbocycles. The molecule has 1 aliphatic rings. The summed E-state index contributed by atoms with van der Waals surface area (Å²) in [6.07, 6.45) is 2.21. The summed E-state index contributed by atoms with van der Waals surface area (Å²) < 4.78 is 0. The first-order chi connectivity index (χ1) is 7.43. The van der Waals surface area contributed by atoms with Crippen molar-refractivity contribution in [3.8, 4) is 6.07 Å². The Morgan fingerprint density at radius 3 is 2.56 bits per heavy atom. The molecule has 1 N–H and O–H groups in total. The second-order valence-electron chi connectivity index (χ2n) is 5.98. The Bertz CT molecular complexity index is 252. The summed E-state index contributed by atoms with van der Waals surface area (Å²) in [7, 11) is 0. The van der Waals surface area contributed by atoms with Crippen molar-refractivity contribution >= 4 is 0 Å². The topological polar surface area (TPSA) is 39.1 Å². The number of hydrogen-bond acceptors (Lipinski definition) is 3. The van der Waals surface area contributed by atoms with Crippen molar-refractivity contribution in [1.82, 2.24) is 10.2 Å². The summed E-state index contributed by atoms with van der Waals surface area (Å²) in [4.78, 5) is 2.48. The molecule has 0 spiro atoms. The van der Waals surface area contributed by atoms with E-state index in [1.54, 1.807) is 0 Å². The molecular weight excluding hydrogens is 198 g/mol. The second kappa shape index (κ2) is 5.65. The van der Waals surface area contributed by atoms with Gasteiger partial charge in [0, 0.05) is 19.1 Å². The lowest BCUT2D eigenvalue weighted by Crippen LogP contribution is -2.37. The number of nitriles is 1. The van der Waals surface area contributed by atoms with Crippen molar-refractivity contribution < 1.29 is 0 Å². The predicted octanol–water partition coefficient (Wildman–Crippen LogP) is 2.00. The summed E-state index contributed by atoms with van der Waals surface area (Å²) in [6, 6.07) is 2.73. The molecule has 0 aromatic rings. The lowest BCUT2D eigenvalue weighted by Gasteiger charge is -2.21. The molecule has 1 fully saturated rings. The molecule has 3 nitrogen and oxygen atoms in total. The standard InChI is InChI=1S/C13H25N3/c1-11(2)15-12(9-14)5-7-16-8-6-13(3,4)10-16/h11-12,15H,5-8,10H2,1-4H3. The Labute approximate surface area is 99.8 Å². The van der Waals surface area contributed by atoms with Gasteiger partial charge in [0.15, 0.2) is 0 Å². The minimum absolute atomic E-state index is 0.00344. The second-order valence-corrected chi connectivity index (χ2v) is 5.98. The van der Waals surface area contributed by atoms with Crippen molar-refractivity contribution in [2.24, 2.45) is 5.41 Å². The van der Waals surface area contributed by atoms with Crippen LogP contribution in [0.4, 0.5) is 0 Å². The monoisotopic (exact) mass is 223 g/mol. The number of hydrogen-bond donors (Lipinski definition) is 1. The fourth-order valence-corrected chi connectivity index (χ4v) is 2.31. The van der Waals surface area contributed by atoms with Crippen LogP contribution in [-0.2, 0) is 0 Å². The molecule has 1 rings (SSSR count). The van der Waals surface area contributed by atoms with Gasteiger partial charge < -0.3 is 4.90 Å². The van der Waals surface area contributed by atoms with Crippen LogP contribution in [0.3, 0.4) is 0 Å². The van der Waals surface area contributed by atoms with E-state index in [-0.39, 0.29) is 6.04 Å². The summed E-state index contributed by atoms with van der Waals surface area (Å²) in [5.41, 5.74) is 0.466. The Hall–Kier alpha value is -0.590. The van der Waals surface area contributed by atoms with Crippen LogP contribution in [0.25, 0.3) is 0 Å². The molecule has 0 amide bonds. The normalized spacial score (nSPS) is 22.2. The smallest absolute Gasteiger partial charge is 0.0967 e. The highest BCUT2D eigenvalue weighted by Crippen LogP contribution is 2.28. The maximum absolute atomic E-state index is 9.02. The zero-order valence-corrected chi connectivity index (χ0v) is 11.1. The molecule has 16 heavy (non-hydrogen) atoms. The fraction of sp³-hybridized carbons (Fsp3) is 0.923. The van der Waals surface area contributed by atoms with Crippen LogP contribution < -0.4 is 5.32 Å². The molecule has 3 heteroatoms. The van der Waals surface area contributed by atoms with Crippen LogP contribution in [0.1, 0.15) is 40.5 Å². The number of nitrogens with one attached hydrogen (secondary N) is 1. The molecule has 1 aliphatic heterocycles. The van der Waals surface area contributed by atoms with Crippen LogP contribution in [-0.4, -0.2) is 36.6 Å². The molecular formula is C13H25N3. The van der Waals surface area contributed by atoms with E-state index in [1.165, 1.54) is 19.5 Å². The van der Waals surface area contributed by atoms with Gasteiger partial charge in [0.2, 0.25) is 0 Å². The lowest BCUT2D eigenvalue weighted by molar-refractivity contribution is 0.279. The van der Waals surface area contributed by atoms with Gasteiger partial charge in [-0.1, -0.05) is 13.8 Å². The first-order valence-corrected chi connectivity index (χ1v) is 6.31.